The molecule has 0 radical (unpaired) electrons. The van der Waals surface area contributed by atoms with Gasteiger partial charge in [-0.25, -0.2) is 13.8 Å². The number of halogens is 6. The first kappa shape index (κ1) is 27.4. The largest absolute Gasteiger partial charge is 0.497 e. The maximum atomic E-state index is 15.2. The molecular formula is C27H20ClF5N4O3. The second-order valence-corrected chi connectivity index (χ2v) is 9.57. The van der Waals surface area contributed by atoms with Crippen LogP contribution in [0.3, 0.4) is 0 Å². The summed E-state index contributed by atoms with van der Waals surface area (Å²) in [5, 5.41) is 3.02. The second-order valence-electron chi connectivity index (χ2n) is 9.13. The summed E-state index contributed by atoms with van der Waals surface area (Å²) in [6.45, 7) is -0.591. The van der Waals surface area contributed by atoms with E-state index < -0.39 is 52.7 Å². The lowest BCUT2D eigenvalue weighted by Gasteiger charge is -2.19. The summed E-state index contributed by atoms with van der Waals surface area (Å²) in [5.74, 6) is -5.49. The molecule has 2 aromatic carbocycles. The molecule has 208 valence electrons. The molecule has 1 fully saturated rings. The van der Waals surface area contributed by atoms with Crippen molar-refractivity contribution in [2.45, 2.75) is 12.1 Å². The Bertz CT molecular complexity index is 1580. The molecule has 1 N–H and O–H groups in total. The van der Waals surface area contributed by atoms with Gasteiger partial charge in [-0.2, -0.15) is 13.2 Å². The fourth-order valence-corrected chi connectivity index (χ4v) is 4.94. The number of carbonyl (C=O) groups is 2. The van der Waals surface area contributed by atoms with Crippen LogP contribution < -0.4 is 15.0 Å². The van der Waals surface area contributed by atoms with Gasteiger partial charge in [0.05, 0.1) is 18.7 Å². The lowest BCUT2D eigenvalue weighted by Crippen LogP contribution is -2.36. The van der Waals surface area contributed by atoms with Gasteiger partial charge in [-0.3, -0.25) is 9.59 Å². The molecule has 5 rings (SSSR count). The molecule has 0 saturated carbocycles. The Labute approximate surface area is 229 Å². The molecule has 1 aliphatic heterocycles. The number of hydrogen-bond acceptors (Lipinski definition) is 4. The van der Waals surface area contributed by atoms with Crippen LogP contribution in [0.5, 0.6) is 5.75 Å². The molecule has 2 amide bonds. The molecule has 0 aliphatic carbocycles. The quantitative estimate of drug-likeness (QED) is 0.308. The number of pyridine rings is 1. The third-order valence-electron chi connectivity index (χ3n) is 6.74. The number of imidazole rings is 1. The third-order valence-corrected chi connectivity index (χ3v) is 6.99. The van der Waals surface area contributed by atoms with Crippen LogP contribution in [0.15, 0.2) is 60.9 Å². The molecule has 0 spiro atoms. The van der Waals surface area contributed by atoms with Gasteiger partial charge in [-0.05, 0) is 36.4 Å². The van der Waals surface area contributed by atoms with Gasteiger partial charge in [-0.15, -0.1) is 0 Å². The van der Waals surface area contributed by atoms with Gasteiger partial charge in [0.15, 0.2) is 11.3 Å². The minimum atomic E-state index is -4.73. The van der Waals surface area contributed by atoms with Crippen molar-refractivity contribution in [2.24, 2.45) is 5.92 Å². The molecule has 2 aromatic heterocycles. The number of hydrogen-bond donors (Lipinski definition) is 1. The smallest absolute Gasteiger partial charge is 0.434 e. The van der Waals surface area contributed by atoms with Gasteiger partial charge in [0, 0.05) is 59.7 Å². The lowest BCUT2D eigenvalue weighted by molar-refractivity contribution is -0.140. The topological polar surface area (TPSA) is 75.9 Å². The first-order chi connectivity index (χ1) is 19.0. The van der Waals surface area contributed by atoms with Crippen LogP contribution in [0.4, 0.5) is 27.6 Å². The second kappa shape index (κ2) is 10.4. The van der Waals surface area contributed by atoms with Crippen LogP contribution in [0.2, 0.25) is 5.02 Å². The SMILES string of the molecule is COc1cc(F)c([C@@H]2CN(c3cccn4cc(C(F)(F)F)nc34)C(=O)C2CNC(=O)c2ccc(Cl)cc2)c(F)c1. The summed E-state index contributed by atoms with van der Waals surface area (Å²) in [5.41, 5.74) is -1.47. The van der Waals surface area contributed by atoms with E-state index in [-0.39, 0.29) is 35.7 Å². The minimum Gasteiger partial charge on any atom is -0.497 e. The summed E-state index contributed by atoms with van der Waals surface area (Å²) < 4.78 is 76.4. The number of fused-ring (bicyclic) bond motifs is 1. The molecule has 1 aliphatic rings. The van der Waals surface area contributed by atoms with Gasteiger partial charge < -0.3 is 19.4 Å². The zero-order chi connectivity index (χ0) is 28.8. The monoisotopic (exact) mass is 578 g/mol. The van der Waals surface area contributed by atoms with E-state index in [0.717, 1.165) is 27.6 Å². The van der Waals surface area contributed by atoms with Crippen molar-refractivity contribution in [2.75, 3.05) is 25.1 Å². The molecule has 3 heterocycles. The number of alkyl halides is 3. The Kier molecular flexibility index (Phi) is 7.13. The highest BCUT2D eigenvalue weighted by molar-refractivity contribution is 6.30. The summed E-state index contributed by atoms with van der Waals surface area (Å²) in [4.78, 5) is 31.2. The number of methoxy groups -OCH3 is 1. The third kappa shape index (κ3) is 5.06. The standard InChI is InChI=1S/C27H20ClF5N4O3/c1-40-16-9-19(29)23(20(30)10-16)18-12-37(21-3-2-8-36-13-22(27(31,32)33)35-24(21)36)26(39)17(18)11-34-25(38)14-4-6-15(28)7-5-14/h2-10,13,17-18H,11-12H2,1H3,(H,34,38)/t17?,18-/m1/s1. The number of aromatic nitrogens is 2. The molecular weight excluding hydrogens is 559 g/mol. The van der Waals surface area contributed by atoms with Gasteiger partial charge in [0.1, 0.15) is 17.4 Å². The van der Waals surface area contributed by atoms with Crippen LogP contribution in [0.1, 0.15) is 27.5 Å². The Hall–Kier alpha value is -4.19. The number of carbonyl (C=O) groups excluding carboxylic acids is 2. The highest BCUT2D eigenvalue weighted by Gasteiger charge is 2.45. The van der Waals surface area contributed by atoms with E-state index in [2.05, 4.69) is 10.3 Å². The van der Waals surface area contributed by atoms with Crippen molar-refractivity contribution in [3.63, 3.8) is 0 Å². The Morgan fingerprint density at radius 2 is 1.82 bits per heavy atom. The molecule has 2 atom stereocenters. The Morgan fingerprint density at radius 1 is 1.15 bits per heavy atom. The van der Waals surface area contributed by atoms with E-state index in [1.807, 2.05) is 0 Å². The highest BCUT2D eigenvalue weighted by atomic mass is 35.5. The fraction of sp³-hybridized carbons (Fsp3) is 0.222. The van der Waals surface area contributed by atoms with Gasteiger partial charge in [-0.1, -0.05) is 11.6 Å². The summed E-state index contributed by atoms with van der Waals surface area (Å²) >= 11 is 5.87. The first-order valence-electron chi connectivity index (χ1n) is 11.9. The van der Waals surface area contributed by atoms with Crippen LogP contribution in [-0.2, 0) is 11.0 Å². The van der Waals surface area contributed by atoms with E-state index in [0.29, 0.717) is 5.02 Å². The normalized spacial score (nSPS) is 17.5. The predicted molar refractivity (Wildman–Crippen MR) is 135 cm³/mol. The number of amides is 2. The Morgan fingerprint density at radius 3 is 2.45 bits per heavy atom. The van der Waals surface area contributed by atoms with E-state index in [9.17, 15) is 22.8 Å². The van der Waals surface area contributed by atoms with Crippen LogP contribution in [0.25, 0.3) is 5.65 Å². The van der Waals surface area contributed by atoms with Crippen molar-refractivity contribution in [3.05, 3.63) is 94.4 Å². The number of nitrogens with one attached hydrogen (secondary N) is 1. The number of anilines is 1. The van der Waals surface area contributed by atoms with E-state index >= 15 is 8.78 Å². The van der Waals surface area contributed by atoms with Crippen molar-refractivity contribution in [3.8, 4) is 5.75 Å². The predicted octanol–water partition coefficient (Wildman–Crippen LogP) is 5.47. The Balaban J connectivity index is 1.53. The zero-order valence-corrected chi connectivity index (χ0v) is 21.4. The van der Waals surface area contributed by atoms with E-state index in [4.69, 9.17) is 16.3 Å². The van der Waals surface area contributed by atoms with Crippen molar-refractivity contribution >= 4 is 34.7 Å². The van der Waals surface area contributed by atoms with Crippen molar-refractivity contribution in [1.82, 2.24) is 14.7 Å². The average Bonchev–Trinajstić information content (AvgIpc) is 3.49. The summed E-state index contributed by atoms with van der Waals surface area (Å²) in [6.07, 6.45) is -2.61. The van der Waals surface area contributed by atoms with Crippen molar-refractivity contribution < 1.29 is 36.3 Å². The summed E-state index contributed by atoms with van der Waals surface area (Å²) in [6, 6.07) is 10.7. The molecule has 7 nitrogen and oxygen atoms in total. The zero-order valence-electron chi connectivity index (χ0n) is 20.7. The number of ether oxygens (including phenoxy) is 1. The number of nitrogens with zero attached hydrogens (tertiary/aromatic N) is 3. The van der Waals surface area contributed by atoms with Gasteiger partial charge in [0.2, 0.25) is 5.91 Å². The minimum absolute atomic E-state index is 0.0221. The molecule has 1 saturated heterocycles. The number of rotatable bonds is 6. The average molecular weight is 579 g/mol. The molecule has 0 bridgehead atoms. The lowest BCUT2D eigenvalue weighted by atomic mass is 9.87. The van der Waals surface area contributed by atoms with Gasteiger partial charge >= 0.3 is 6.18 Å². The maximum Gasteiger partial charge on any atom is 0.434 e. The van der Waals surface area contributed by atoms with Crippen LogP contribution >= 0.6 is 11.6 Å². The molecule has 13 heteroatoms. The van der Waals surface area contributed by atoms with Crippen molar-refractivity contribution in [1.29, 1.82) is 0 Å². The molecule has 4 aromatic rings. The van der Waals surface area contributed by atoms with Gasteiger partial charge in [0.25, 0.3) is 5.91 Å². The van der Waals surface area contributed by atoms with E-state index in [1.165, 1.54) is 49.7 Å². The fourth-order valence-electron chi connectivity index (χ4n) is 4.81. The number of benzene rings is 2. The van der Waals surface area contributed by atoms with Crippen LogP contribution in [-0.4, -0.2) is 41.4 Å². The van der Waals surface area contributed by atoms with E-state index in [1.54, 1.807) is 0 Å². The first-order valence-corrected chi connectivity index (χ1v) is 12.3. The highest BCUT2D eigenvalue weighted by Crippen LogP contribution is 2.41. The maximum absolute atomic E-state index is 15.2. The van der Waals surface area contributed by atoms with Crippen LogP contribution in [0, 0.1) is 17.6 Å². The molecule has 1 unspecified atom stereocenters. The summed E-state index contributed by atoms with van der Waals surface area (Å²) in [7, 11) is 1.24. The molecule has 40 heavy (non-hydrogen) atoms.